The highest BCUT2D eigenvalue weighted by molar-refractivity contribution is 5.89. The molecule has 3 rings (SSSR count). The smallest absolute Gasteiger partial charge is 0.359 e. The average Bonchev–Trinajstić information content (AvgIpc) is 2.59. The van der Waals surface area contributed by atoms with Gasteiger partial charge < -0.3 is 4.90 Å². The van der Waals surface area contributed by atoms with Crippen LogP contribution in [0.3, 0.4) is 0 Å². The molecule has 0 N–H and O–H groups in total. The molecule has 0 unspecified atom stereocenters. The van der Waals surface area contributed by atoms with Gasteiger partial charge in [0, 0.05) is 31.4 Å². The first kappa shape index (κ1) is 17.1. The Bertz CT molecular complexity index is 881. The minimum absolute atomic E-state index is 0.0471. The van der Waals surface area contributed by atoms with Crippen LogP contribution < -0.4 is 4.90 Å². The van der Waals surface area contributed by atoms with Crippen LogP contribution in [-0.4, -0.2) is 28.5 Å². The number of fused-ring (bicyclic) bond motifs is 1. The molecule has 1 aromatic carbocycles. The molecule has 2 heterocycles. The summed E-state index contributed by atoms with van der Waals surface area (Å²) in [5.41, 5.74) is 0.651. The van der Waals surface area contributed by atoms with Crippen molar-refractivity contribution in [1.82, 2.24) is 15.0 Å². The third kappa shape index (κ3) is 3.67. The maximum Gasteiger partial charge on any atom is 0.451 e. The first-order valence-corrected chi connectivity index (χ1v) is 7.50. The summed E-state index contributed by atoms with van der Waals surface area (Å²) in [7, 11) is 1.62. The number of likely N-dealkylation sites (N-methyl/N-ethyl adjacent to an activating group) is 1. The zero-order valence-electron chi connectivity index (χ0n) is 13.3. The highest BCUT2D eigenvalue weighted by Crippen LogP contribution is 2.32. The Morgan fingerprint density at radius 2 is 1.76 bits per heavy atom. The summed E-state index contributed by atoms with van der Waals surface area (Å²) in [6.45, 7) is 0.407. The van der Waals surface area contributed by atoms with E-state index in [1.165, 1.54) is 12.1 Å². The van der Waals surface area contributed by atoms with Crippen LogP contribution >= 0.6 is 0 Å². The van der Waals surface area contributed by atoms with E-state index in [4.69, 9.17) is 0 Å². The lowest BCUT2D eigenvalue weighted by Gasteiger charge is -2.21. The fraction of sp³-hybridized carbons (Fsp3) is 0.235. The summed E-state index contributed by atoms with van der Waals surface area (Å²) in [5, 5.41) is 0.241. The number of benzene rings is 1. The number of anilines is 1. The van der Waals surface area contributed by atoms with Crippen molar-refractivity contribution in [2.75, 3.05) is 18.5 Å². The second-order valence-electron chi connectivity index (χ2n) is 5.53. The van der Waals surface area contributed by atoms with Gasteiger partial charge in [0.2, 0.25) is 5.82 Å². The monoisotopic (exact) mass is 350 g/mol. The molecule has 0 aliphatic heterocycles. The molecule has 2 aromatic heterocycles. The predicted octanol–water partition coefficient (Wildman–Crippen LogP) is 3.86. The van der Waals surface area contributed by atoms with Crippen LogP contribution in [0.25, 0.3) is 10.9 Å². The molecule has 0 saturated heterocycles. The van der Waals surface area contributed by atoms with Gasteiger partial charge in [-0.05, 0) is 36.2 Å². The van der Waals surface area contributed by atoms with E-state index in [9.17, 15) is 17.6 Å². The minimum Gasteiger partial charge on any atom is -0.359 e. The Morgan fingerprint density at radius 1 is 1.04 bits per heavy atom. The summed E-state index contributed by atoms with van der Waals surface area (Å²) in [6, 6.07) is 7.67. The van der Waals surface area contributed by atoms with Gasteiger partial charge in [-0.15, -0.1) is 0 Å². The molecule has 3 aromatic rings. The van der Waals surface area contributed by atoms with Crippen LogP contribution in [0.15, 0.2) is 42.7 Å². The van der Waals surface area contributed by atoms with Crippen molar-refractivity contribution in [2.24, 2.45) is 0 Å². The van der Waals surface area contributed by atoms with Gasteiger partial charge >= 0.3 is 6.18 Å². The molecule has 0 aliphatic carbocycles. The number of nitrogens with zero attached hydrogens (tertiary/aromatic N) is 4. The summed E-state index contributed by atoms with van der Waals surface area (Å²) in [4.78, 5) is 12.5. The Kier molecular flexibility index (Phi) is 4.52. The molecule has 130 valence electrons. The average molecular weight is 350 g/mol. The number of alkyl halides is 3. The second kappa shape index (κ2) is 6.62. The highest BCUT2D eigenvalue weighted by Gasteiger charge is 2.36. The van der Waals surface area contributed by atoms with Crippen molar-refractivity contribution in [1.29, 1.82) is 0 Å². The lowest BCUT2D eigenvalue weighted by Crippen LogP contribution is -2.24. The third-order valence-electron chi connectivity index (χ3n) is 3.76. The first-order chi connectivity index (χ1) is 11.9. The summed E-state index contributed by atoms with van der Waals surface area (Å²) >= 11 is 0. The van der Waals surface area contributed by atoms with Crippen molar-refractivity contribution in [3.63, 3.8) is 0 Å². The molecule has 0 atom stereocenters. The number of rotatable bonds is 4. The molecule has 0 saturated carbocycles. The zero-order chi connectivity index (χ0) is 18.0. The van der Waals surface area contributed by atoms with E-state index in [1.807, 2.05) is 12.1 Å². The lowest BCUT2D eigenvalue weighted by molar-refractivity contribution is -0.144. The fourth-order valence-corrected chi connectivity index (χ4v) is 2.47. The minimum atomic E-state index is -4.75. The first-order valence-electron chi connectivity index (χ1n) is 7.50. The number of hydrogen-bond acceptors (Lipinski definition) is 4. The van der Waals surface area contributed by atoms with Crippen LogP contribution in [0.5, 0.6) is 0 Å². The topological polar surface area (TPSA) is 41.9 Å². The maximum absolute atomic E-state index is 14.0. The third-order valence-corrected chi connectivity index (χ3v) is 3.76. The molecule has 0 radical (unpaired) electrons. The van der Waals surface area contributed by atoms with Crippen LogP contribution in [0.2, 0.25) is 0 Å². The van der Waals surface area contributed by atoms with Crippen molar-refractivity contribution < 1.29 is 17.6 Å². The van der Waals surface area contributed by atoms with E-state index in [1.54, 1.807) is 24.3 Å². The van der Waals surface area contributed by atoms with Crippen molar-refractivity contribution in [3.8, 4) is 0 Å². The summed E-state index contributed by atoms with van der Waals surface area (Å²) in [5.74, 6) is -2.11. The molecular weight excluding hydrogens is 336 g/mol. The molecule has 0 fully saturated rings. The van der Waals surface area contributed by atoms with Gasteiger partial charge in [-0.25, -0.2) is 14.4 Å². The molecule has 0 aliphatic rings. The summed E-state index contributed by atoms with van der Waals surface area (Å²) < 4.78 is 53.2. The largest absolute Gasteiger partial charge is 0.451 e. The SMILES string of the molecule is CN(CCc1ccncc1)c1nc(C(F)(F)F)nc2c(F)cccc12. The predicted molar refractivity (Wildman–Crippen MR) is 85.7 cm³/mol. The van der Waals surface area contributed by atoms with Crippen molar-refractivity contribution in [2.45, 2.75) is 12.6 Å². The zero-order valence-corrected chi connectivity index (χ0v) is 13.3. The molecule has 0 amide bonds. The Hall–Kier alpha value is -2.77. The second-order valence-corrected chi connectivity index (χ2v) is 5.53. The molecule has 0 bridgehead atoms. The van der Waals surface area contributed by atoms with Gasteiger partial charge in [0.15, 0.2) is 0 Å². The molecule has 8 heteroatoms. The van der Waals surface area contributed by atoms with Crippen molar-refractivity contribution in [3.05, 3.63) is 59.9 Å². The van der Waals surface area contributed by atoms with E-state index in [2.05, 4.69) is 15.0 Å². The number of pyridine rings is 1. The van der Waals surface area contributed by atoms with Crippen LogP contribution in [-0.2, 0) is 12.6 Å². The number of para-hydroxylation sites is 1. The van der Waals surface area contributed by atoms with Gasteiger partial charge in [-0.1, -0.05) is 6.07 Å². The van der Waals surface area contributed by atoms with Crippen LogP contribution in [0.1, 0.15) is 11.4 Å². The number of hydrogen-bond donors (Lipinski definition) is 0. The van der Waals surface area contributed by atoms with Gasteiger partial charge in [0.25, 0.3) is 0 Å². The lowest BCUT2D eigenvalue weighted by atomic mass is 10.1. The van der Waals surface area contributed by atoms with Gasteiger partial charge in [-0.2, -0.15) is 13.2 Å². The van der Waals surface area contributed by atoms with Crippen molar-refractivity contribution >= 4 is 16.7 Å². The summed E-state index contributed by atoms with van der Waals surface area (Å²) in [6.07, 6.45) is -0.878. The standard InChI is InChI=1S/C17H14F4N4/c1-25(10-7-11-5-8-22-9-6-11)15-12-3-2-4-13(18)14(12)23-16(24-15)17(19,20)21/h2-6,8-9H,7,10H2,1H3. The van der Waals surface area contributed by atoms with Crippen LogP contribution in [0, 0.1) is 5.82 Å². The Morgan fingerprint density at radius 3 is 2.44 bits per heavy atom. The van der Waals surface area contributed by atoms with Gasteiger partial charge in [0.05, 0.1) is 0 Å². The molecule has 0 spiro atoms. The normalized spacial score (nSPS) is 11.7. The molecule has 25 heavy (non-hydrogen) atoms. The Balaban J connectivity index is 2.00. The van der Waals surface area contributed by atoms with E-state index in [0.717, 1.165) is 11.6 Å². The van der Waals surface area contributed by atoms with E-state index in [-0.39, 0.29) is 16.7 Å². The Labute approximate surface area is 141 Å². The quantitative estimate of drug-likeness (QED) is 0.670. The van der Waals surface area contributed by atoms with Crippen LogP contribution in [0.4, 0.5) is 23.4 Å². The maximum atomic E-state index is 14.0. The van der Waals surface area contributed by atoms with E-state index >= 15 is 0 Å². The van der Waals surface area contributed by atoms with Gasteiger partial charge in [0.1, 0.15) is 17.2 Å². The fourth-order valence-electron chi connectivity index (χ4n) is 2.47. The highest BCUT2D eigenvalue weighted by atomic mass is 19.4. The molecule has 4 nitrogen and oxygen atoms in total. The van der Waals surface area contributed by atoms with E-state index in [0.29, 0.717) is 13.0 Å². The molecular formula is C17H14F4N4. The van der Waals surface area contributed by atoms with E-state index < -0.39 is 17.8 Å². The number of aromatic nitrogens is 3. The van der Waals surface area contributed by atoms with Gasteiger partial charge in [-0.3, -0.25) is 4.98 Å². The number of halogens is 4.